The van der Waals surface area contributed by atoms with Crippen LogP contribution in [0.3, 0.4) is 0 Å². The van der Waals surface area contributed by atoms with Gasteiger partial charge in [0, 0.05) is 17.3 Å². The van der Waals surface area contributed by atoms with Crippen LogP contribution in [-0.2, 0) is 9.84 Å². The van der Waals surface area contributed by atoms with Gasteiger partial charge in [-0.1, -0.05) is 6.07 Å². The van der Waals surface area contributed by atoms with Crippen molar-refractivity contribution in [2.75, 3.05) is 10.6 Å². The highest BCUT2D eigenvalue weighted by Gasteiger charge is 2.21. The van der Waals surface area contributed by atoms with Crippen LogP contribution in [0.2, 0.25) is 0 Å². The summed E-state index contributed by atoms with van der Waals surface area (Å²) in [7, 11) is -3.43. The zero-order valence-corrected chi connectivity index (χ0v) is 12.5. The number of nitriles is 1. The number of nitrogens with one attached hydrogen (secondary N) is 2. The summed E-state index contributed by atoms with van der Waals surface area (Å²) < 4.78 is 23.6. The first-order chi connectivity index (χ1) is 11.0. The molecule has 1 aliphatic rings. The van der Waals surface area contributed by atoms with Crippen LogP contribution in [0.5, 0.6) is 0 Å². The summed E-state index contributed by atoms with van der Waals surface area (Å²) >= 11 is 0. The summed E-state index contributed by atoms with van der Waals surface area (Å²) in [5.41, 5.74) is 1.32. The lowest BCUT2D eigenvalue weighted by Gasteiger charge is -2.08. The van der Waals surface area contributed by atoms with E-state index in [1.54, 1.807) is 12.1 Å². The van der Waals surface area contributed by atoms with Crippen LogP contribution in [0.25, 0.3) is 6.08 Å². The number of nitrogens with zero attached hydrogens (tertiary/aromatic N) is 2. The molecule has 0 saturated heterocycles. The van der Waals surface area contributed by atoms with Crippen molar-refractivity contribution < 1.29 is 13.2 Å². The van der Waals surface area contributed by atoms with Crippen LogP contribution >= 0.6 is 0 Å². The predicted octanol–water partition coefficient (Wildman–Crippen LogP) is 2.36. The molecule has 7 nitrogen and oxygen atoms in total. The Labute approximate surface area is 132 Å². The Hall–Kier alpha value is -3.18. The second kappa shape index (κ2) is 5.55. The fourth-order valence-electron chi connectivity index (χ4n) is 2.05. The number of carbonyl (C=O) groups excluding carboxylic acids is 1. The number of pyridine rings is 1. The Kier molecular flexibility index (Phi) is 3.56. The third-order valence-electron chi connectivity index (χ3n) is 3.14. The van der Waals surface area contributed by atoms with Crippen molar-refractivity contribution in [1.82, 2.24) is 4.98 Å². The number of amides is 2. The molecule has 114 valence electrons. The molecular formula is C15H10N4O3S. The van der Waals surface area contributed by atoms with Gasteiger partial charge in [-0.05, 0) is 35.9 Å². The van der Waals surface area contributed by atoms with E-state index in [-0.39, 0.29) is 10.7 Å². The van der Waals surface area contributed by atoms with Gasteiger partial charge in [-0.15, -0.1) is 0 Å². The molecule has 0 spiro atoms. The van der Waals surface area contributed by atoms with Gasteiger partial charge >= 0.3 is 6.03 Å². The molecule has 0 aliphatic carbocycles. The van der Waals surface area contributed by atoms with Gasteiger partial charge < -0.3 is 5.32 Å². The average Bonchev–Trinajstić information content (AvgIpc) is 2.83. The number of urea groups is 1. The first-order valence-electron chi connectivity index (χ1n) is 6.49. The first kappa shape index (κ1) is 14.7. The number of hydrogen-bond acceptors (Lipinski definition) is 5. The molecule has 23 heavy (non-hydrogen) atoms. The van der Waals surface area contributed by atoms with Gasteiger partial charge in [0.05, 0.1) is 10.5 Å². The Morgan fingerprint density at radius 1 is 1.17 bits per heavy atom. The zero-order valence-electron chi connectivity index (χ0n) is 11.6. The van der Waals surface area contributed by atoms with Crippen LogP contribution in [0.4, 0.5) is 16.3 Å². The van der Waals surface area contributed by atoms with E-state index in [9.17, 15) is 13.2 Å². The summed E-state index contributed by atoms with van der Waals surface area (Å²) in [6, 6.07) is 9.00. The topological polar surface area (TPSA) is 112 Å². The molecule has 1 aromatic carbocycles. The van der Waals surface area contributed by atoms with Crippen molar-refractivity contribution in [3.8, 4) is 6.07 Å². The maximum Gasteiger partial charge on any atom is 0.324 e. The highest BCUT2D eigenvalue weighted by atomic mass is 32.2. The number of anilines is 2. The molecule has 0 atom stereocenters. The van der Waals surface area contributed by atoms with E-state index in [1.807, 2.05) is 6.07 Å². The number of benzene rings is 1. The van der Waals surface area contributed by atoms with Gasteiger partial charge in [0.15, 0.2) is 0 Å². The number of fused-ring (bicyclic) bond motifs is 1. The minimum atomic E-state index is -3.43. The highest BCUT2D eigenvalue weighted by molar-refractivity contribution is 7.94. The number of sulfone groups is 1. The number of aromatic nitrogens is 1. The molecule has 0 radical (unpaired) electrons. The SMILES string of the molecule is N#Cc1ccc(NC(=O)Nc2ccc3c(c2)S(=O)(=O)C=C3)nc1. The van der Waals surface area contributed by atoms with Crippen molar-refractivity contribution >= 4 is 33.4 Å². The summed E-state index contributed by atoms with van der Waals surface area (Å²) in [6.07, 6.45) is 2.85. The fourth-order valence-corrected chi connectivity index (χ4v) is 3.27. The Balaban J connectivity index is 1.73. The van der Waals surface area contributed by atoms with Crippen LogP contribution in [0.15, 0.2) is 46.8 Å². The van der Waals surface area contributed by atoms with Gasteiger partial charge in [-0.25, -0.2) is 18.2 Å². The molecular weight excluding hydrogens is 316 g/mol. The molecule has 0 bridgehead atoms. The van der Waals surface area contributed by atoms with E-state index < -0.39 is 15.9 Å². The van der Waals surface area contributed by atoms with Gasteiger partial charge in [0.1, 0.15) is 11.9 Å². The van der Waals surface area contributed by atoms with Crippen molar-refractivity contribution in [1.29, 1.82) is 5.26 Å². The van der Waals surface area contributed by atoms with Crippen LogP contribution in [-0.4, -0.2) is 19.4 Å². The third kappa shape index (κ3) is 3.04. The van der Waals surface area contributed by atoms with Crippen molar-refractivity contribution in [3.63, 3.8) is 0 Å². The van der Waals surface area contributed by atoms with Crippen LogP contribution < -0.4 is 10.6 Å². The molecule has 2 aromatic rings. The van der Waals surface area contributed by atoms with Gasteiger partial charge in [0.25, 0.3) is 0 Å². The summed E-state index contributed by atoms with van der Waals surface area (Å²) in [5, 5.41) is 14.8. The quantitative estimate of drug-likeness (QED) is 0.879. The van der Waals surface area contributed by atoms with E-state index in [0.717, 1.165) is 5.41 Å². The lowest BCUT2D eigenvalue weighted by molar-refractivity contribution is 0.262. The van der Waals surface area contributed by atoms with E-state index in [1.165, 1.54) is 30.5 Å². The summed E-state index contributed by atoms with van der Waals surface area (Å²) in [4.78, 5) is 16.0. The lowest BCUT2D eigenvalue weighted by Crippen LogP contribution is -2.20. The molecule has 1 aliphatic heterocycles. The number of hydrogen-bond donors (Lipinski definition) is 2. The Bertz CT molecular complexity index is 957. The monoisotopic (exact) mass is 326 g/mol. The maximum atomic E-state index is 11.9. The van der Waals surface area contributed by atoms with Crippen molar-refractivity contribution in [2.45, 2.75) is 4.90 Å². The van der Waals surface area contributed by atoms with E-state index >= 15 is 0 Å². The molecule has 2 heterocycles. The molecule has 1 aromatic heterocycles. The average molecular weight is 326 g/mol. The number of rotatable bonds is 2. The lowest BCUT2D eigenvalue weighted by atomic mass is 10.2. The Morgan fingerprint density at radius 3 is 2.70 bits per heavy atom. The third-order valence-corrected chi connectivity index (χ3v) is 4.60. The fraction of sp³-hybridized carbons (Fsp3) is 0. The second-order valence-corrected chi connectivity index (χ2v) is 6.53. The largest absolute Gasteiger partial charge is 0.324 e. The van der Waals surface area contributed by atoms with E-state index in [0.29, 0.717) is 16.8 Å². The molecule has 0 unspecified atom stereocenters. The molecule has 2 amide bonds. The molecule has 0 saturated carbocycles. The normalized spacial score (nSPS) is 13.9. The van der Waals surface area contributed by atoms with Crippen molar-refractivity contribution in [2.24, 2.45) is 0 Å². The summed E-state index contributed by atoms with van der Waals surface area (Å²) in [5.74, 6) is 0.275. The minimum Gasteiger partial charge on any atom is -0.308 e. The standard InChI is InChI=1S/C15H10N4O3S/c16-8-10-1-4-14(17-9-10)19-15(20)18-12-3-2-11-5-6-23(21,22)13(11)7-12/h1-7,9H,(H2,17,18,19,20). The van der Waals surface area contributed by atoms with Gasteiger partial charge in [-0.3, -0.25) is 5.32 Å². The summed E-state index contributed by atoms with van der Waals surface area (Å²) in [6.45, 7) is 0. The molecule has 3 rings (SSSR count). The Morgan fingerprint density at radius 2 is 2.00 bits per heavy atom. The van der Waals surface area contributed by atoms with Gasteiger partial charge in [0.2, 0.25) is 9.84 Å². The van der Waals surface area contributed by atoms with Crippen molar-refractivity contribution in [3.05, 3.63) is 53.1 Å². The van der Waals surface area contributed by atoms with E-state index in [4.69, 9.17) is 5.26 Å². The van der Waals surface area contributed by atoms with E-state index in [2.05, 4.69) is 15.6 Å². The molecule has 0 fully saturated rings. The van der Waals surface area contributed by atoms with Crippen LogP contribution in [0.1, 0.15) is 11.1 Å². The second-order valence-electron chi connectivity index (χ2n) is 4.72. The molecule has 8 heteroatoms. The smallest absolute Gasteiger partial charge is 0.308 e. The zero-order chi connectivity index (χ0) is 16.4. The number of carbonyl (C=O) groups is 1. The first-order valence-corrected chi connectivity index (χ1v) is 8.04. The predicted molar refractivity (Wildman–Crippen MR) is 84.3 cm³/mol. The highest BCUT2D eigenvalue weighted by Crippen LogP contribution is 2.29. The maximum absolute atomic E-state index is 11.9. The van der Waals surface area contributed by atoms with Gasteiger partial charge in [-0.2, -0.15) is 5.26 Å². The van der Waals surface area contributed by atoms with Crippen LogP contribution in [0, 0.1) is 11.3 Å². The minimum absolute atomic E-state index is 0.159. The molecule has 2 N–H and O–H groups in total.